The number of aromatic nitrogens is 8. The molecule has 0 saturated heterocycles. The van der Waals surface area contributed by atoms with Gasteiger partial charge in [-0.2, -0.15) is 5.16 Å². The van der Waals surface area contributed by atoms with E-state index in [0.29, 0.717) is 23.6 Å². The predicted octanol–water partition coefficient (Wildman–Crippen LogP) is 35.8. The fraction of sp³-hybridized carbons (Fsp3) is 0.226. The molecule has 0 aliphatic carbocycles. The van der Waals surface area contributed by atoms with Crippen molar-refractivity contribution >= 4 is 162 Å². The fourth-order valence-electron chi connectivity index (χ4n) is 15.6. The molecule has 0 bridgehead atoms. The third-order valence-electron chi connectivity index (χ3n) is 22.9. The summed E-state index contributed by atoms with van der Waals surface area (Å²) in [6, 6.07) is 83.4. The third-order valence-corrected chi connectivity index (χ3v) is 32.8. The van der Waals surface area contributed by atoms with Crippen LogP contribution >= 0.6 is 132 Å². The van der Waals surface area contributed by atoms with Crippen molar-refractivity contribution in [1.29, 1.82) is 0 Å². The molecule has 0 saturated carbocycles. The summed E-state index contributed by atoms with van der Waals surface area (Å²) in [5.41, 5.74) is 15.0. The standard InChI is InChI=1S/C39H41NS4.C39H40NS4.C18H11N3O6.C18H15N3O2.CNS.3ClH.2Ru/c2*1-3-5-7-9-14-31-16-18-36(41-31)38-22-20-34(43-38)29-13-11-12-28(26-29)33-27-30(24-25-40-33)35-21-23-39(44-35)37-19-17-32(42-37)15-10-8-6-4-2;22-9-27-12-2-4-20-14(8-12)16-7-11(18(25)26)6-15(21-16)13-5-10(17(23)24)1-3-19-13;1-12-3-5-19-15(7-12)17-8-13(2)9-18(21-17)16-10-14(23-11-22)4-6-20-16;2-1-3;;;;;/h11-13,16-27H,3-10,14-15H2,1-2H3;11,13,16-27H,3-10,14-15H2,1-2H3;1-9H,(H,23,24)(H,25,26);3-11H,1-2H3;;3*1H;;/q;-1;;;-1;;;;+2;+3/p-3. The van der Waals surface area contributed by atoms with Gasteiger partial charge in [0.2, 0.25) is 0 Å². The molecule has 2 N–H and O–H groups in total. The van der Waals surface area contributed by atoms with Crippen molar-refractivity contribution in [2.24, 2.45) is 0 Å². The van der Waals surface area contributed by atoms with Crippen molar-refractivity contribution in [1.82, 2.24) is 39.9 Å². The van der Waals surface area contributed by atoms with Crippen molar-refractivity contribution in [2.75, 3.05) is 0 Å². The number of halogens is 3. The van der Waals surface area contributed by atoms with Crippen LogP contribution in [0.3, 0.4) is 0 Å². The Bertz CT molecular complexity index is 6780. The number of isothiocyanates is 1. The predicted molar refractivity (Wildman–Crippen MR) is 608 cm³/mol. The summed E-state index contributed by atoms with van der Waals surface area (Å²) in [6.45, 7) is 13.8. The number of carboxylic acid groups (broad SMARTS) is 2. The third kappa shape index (κ3) is 34.6. The molecule has 0 unspecified atom stereocenters. The van der Waals surface area contributed by atoms with Crippen LogP contribution in [-0.2, 0) is 67.7 Å². The van der Waals surface area contributed by atoms with Crippen LogP contribution in [0.2, 0.25) is 0 Å². The molecule has 0 atom stereocenters. The summed E-state index contributed by atoms with van der Waals surface area (Å²) in [4.78, 5) is 101. The van der Waals surface area contributed by atoms with Crippen LogP contribution < -0.4 is 9.47 Å². The molecule has 0 aliphatic rings. The quantitative estimate of drug-likeness (QED) is 0.00904. The Kier molecular flexibility index (Phi) is 46.7. The van der Waals surface area contributed by atoms with Gasteiger partial charge in [0, 0.05) is 133 Å². The Balaban J connectivity index is 0.000000174. The maximum Gasteiger partial charge on any atom is 2.00 e. The van der Waals surface area contributed by atoms with Crippen molar-refractivity contribution in [3.8, 4) is 160 Å². The minimum Gasteiger partial charge on any atom is -0.753 e. The van der Waals surface area contributed by atoms with Gasteiger partial charge in [0.1, 0.15) is 11.5 Å². The first-order valence-electron chi connectivity index (χ1n) is 47.7. The number of pyridine rings is 8. The molecular formula is C115H107Cl3N9O8Ru2S9. The number of nitrogens with zero attached hydrogens (tertiary/aromatic N) is 9. The van der Waals surface area contributed by atoms with Gasteiger partial charge in [0.05, 0.1) is 62.4 Å². The van der Waals surface area contributed by atoms with E-state index < -0.39 is 24.9 Å². The minimum absolute atomic E-state index is 0. The van der Waals surface area contributed by atoms with Gasteiger partial charge in [-0.3, -0.25) is 34.5 Å². The molecule has 31 heteroatoms. The van der Waals surface area contributed by atoms with Crippen molar-refractivity contribution in [3.05, 3.63) is 327 Å². The first kappa shape index (κ1) is 114. The van der Waals surface area contributed by atoms with Crippen molar-refractivity contribution < 1.29 is 71.3 Å². The van der Waals surface area contributed by atoms with Gasteiger partial charge >= 0.3 is 73.5 Å². The number of hydrogen-bond acceptors (Lipinski definition) is 23. The van der Waals surface area contributed by atoms with E-state index in [1.54, 1.807) is 24.5 Å². The first-order chi connectivity index (χ1) is 70.7. The number of hydrogen-bond donors (Lipinski definition) is 2. The van der Waals surface area contributed by atoms with E-state index in [9.17, 15) is 24.3 Å². The van der Waals surface area contributed by atoms with Crippen molar-refractivity contribution in [2.45, 2.75) is 170 Å². The van der Waals surface area contributed by atoms with E-state index in [0.717, 1.165) is 45.0 Å². The molecule has 16 aromatic heterocycles. The molecule has 0 radical (unpaired) electrons. The van der Waals surface area contributed by atoms with Gasteiger partial charge in [-0.1, -0.05) is 147 Å². The molecule has 18 aromatic rings. The first-order valence-corrected chi connectivity index (χ1v) is 61.3. The summed E-state index contributed by atoms with van der Waals surface area (Å²) < 4.78 is 9.63. The molecule has 2 aromatic carbocycles. The van der Waals surface area contributed by atoms with Gasteiger partial charge in [-0.25, -0.2) is 19.6 Å². The van der Waals surface area contributed by atoms with Gasteiger partial charge in [0.25, 0.3) is 12.9 Å². The molecule has 17 nitrogen and oxygen atoms in total. The molecule has 0 amide bonds. The summed E-state index contributed by atoms with van der Waals surface area (Å²) in [7, 11) is 14.8. The Morgan fingerprint density at radius 2 is 0.658 bits per heavy atom. The number of thiocarbonyl (C=S) groups is 1. The van der Waals surface area contributed by atoms with Gasteiger partial charge in [0.15, 0.2) is 0 Å². The van der Waals surface area contributed by atoms with Crippen LogP contribution in [0, 0.1) is 19.9 Å². The van der Waals surface area contributed by atoms with E-state index in [1.807, 2.05) is 147 Å². The number of aryl methyl sites for hydroxylation is 6. The number of unbranched alkanes of at least 4 members (excludes halogenated alkanes) is 12. The second-order valence-electron chi connectivity index (χ2n) is 33.6. The fourth-order valence-corrected chi connectivity index (χ4v) is 24.2. The Hall–Kier alpha value is -11.0. The summed E-state index contributed by atoms with van der Waals surface area (Å²) in [5, 5.41) is 27.0. The molecule has 0 spiro atoms. The average Bonchev–Trinajstić information content (AvgIpc) is 1.72. The minimum atomic E-state index is -1.75. The van der Waals surface area contributed by atoms with E-state index in [2.05, 4.69) is 234 Å². The molecule has 18 rings (SSSR count). The van der Waals surface area contributed by atoms with Crippen LogP contribution in [0.5, 0.6) is 11.5 Å². The largest absolute Gasteiger partial charge is 2.00 e. The van der Waals surface area contributed by atoms with Crippen LogP contribution in [0.1, 0.15) is 182 Å². The summed E-state index contributed by atoms with van der Waals surface area (Å²) in [5.74, 6) is -1.70. The van der Waals surface area contributed by atoms with Gasteiger partial charge < -0.3 is 30.1 Å². The summed E-state index contributed by atoms with van der Waals surface area (Å²) >= 11 is 17.3. The van der Waals surface area contributed by atoms with Crippen LogP contribution in [-0.4, -0.2) is 80.1 Å². The SMILES string of the molecule is CCCCCCc1ccc(-c2ccc(-c3cc[c-]c(-c4cc(-c5ccc(-c6ccc(CCCCCC)s6)s5)ccn4)c3)s2)s1.CCCCCCc1ccc(-c2ccc(-c3cccc(-c4cc(-c5ccc(-c6ccc(CCCCCC)s6)s5)ccn4)c3)s2)s1.Cc1ccnc(-c2cc(C)cc(-c3cc(OC=O)ccn3)n2)c1.O=COc1ccnc(-c2cc(C(=O)O)cc(-c3cc(C(=O)O)ccn3)n2)c1.[Cl][Ru]([Cl])[Cl].[N-]=C=S.[Ru+2]. The number of benzene rings is 2. The zero-order chi connectivity index (χ0) is 102. The molecule has 16 heterocycles. The van der Waals surface area contributed by atoms with Crippen LogP contribution in [0.15, 0.2) is 274 Å². The maximum absolute atomic E-state index is 11.5. The molecular weight excluding hydrogens is 2230 g/mol. The van der Waals surface area contributed by atoms with E-state index in [1.165, 1.54) is 283 Å². The molecule has 0 aliphatic heterocycles. The van der Waals surface area contributed by atoms with E-state index >= 15 is 0 Å². The topological polar surface area (TPSA) is 253 Å². The number of ether oxygens (including phenoxy) is 2. The average molecular weight is 2340 g/mol. The Morgan fingerprint density at radius 1 is 0.349 bits per heavy atom. The smallest absolute Gasteiger partial charge is 0.753 e. The van der Waals surface area contributed by atoms with Crippen molar-refractivity contribution in [3.63, 3.8) is 0 Å². The summed E-state index contributed by atoms with van der Waals surface area (Å²) in [6.07, 6.45) is 35.8. The number of rotatable bonds is 40. The van der Waals surface area contributed by atoms with Gasteiger partial charge in [-0.15, -0.1) is 121 Å². The maximum atomic E-state index is 11.5. The zero-order valence-corrected chi connectivity index (χ0v) is 94.3. The van der Waals surface area contributed by atoms with Gasteiger partial charge in [-0.05, 0) is 281 Å². The number of carboxylic acids is 2. The van der Waals surface area contributed by atoms with E-state index in [4.69, 9.17) is 59.0 Å². The second kappa shape index (κ2) is 59.9. The molecule has 146 heavy (non-hydrogen) atoms. The number of thiophene rings is 8. The monoisotopic (exact) mass is 2340 g/mol. The molecule has 0 fully saturated rings. The van der Waals surface area contributed by atoms with E-state index in [-0.39, 0.29) is 65.6 Å². The number of carbonyl (C=O) groups is 4. The normalized spacial score (nSPS) is 10.8. The second-order valence-corrected chi connectivity index (χ2v) is 50.7. The van der Waals surface area contributed by atoms with Crippen LogP contribution in [0.25, 0.3) is 154 Å². The van der Waals surface area contributed by atoms with Crippen LogP contribution in [0.4, 0.5) is 0 Å². The Morgan fingerprint density at radius 3 is 1.05 bits per heavy atom. The number of carbonyl (C=O) groups excluding carboxylic acids is 2. The molecule has 751 valence electrons. The Labute approximate surface area is 921 Å². The number of aromatic carboxylic acids is 2. The zero-order valence-electron chi connectivity index (χ0n) is 81.2.